The van der Waals surface area contributed by atoms with E-state index >= 15 is 0 Å². The maximum absolute atomic E-state index is 5.95. The smallest absolute Gasteiger partial charge is 0.122 e. The lowest BCUT2D eigenvalue weighted by Crippen LogP contribution is -2.32. The van der Waals surface area contributed by atoms with Crippen LogP contribution in [0.2, 0.25) is 0 Å². The summed E-state index contributed by atoms with van der Waals surface area (Å²) in [6.07, 6.45) is 8.02. The Labute approximate surface area is 123 Å². The van der Waals surface area contributed by atoms with Gasteiger partial charge in [0.15, 0.2) is 0 Å². The Balaban J connectivity index is 1.65. The van der Waals surface area contributed by atoms with Crippen LogP contribution in [0.15, 0.2) is 24.3 Å². The molecule has 1 N–H and O–H groups in total. The first kappa shape index (κ1) is 15.4. The molecule has 0 heterocycles. The topological polar surface area (TPSA) is 21.3 Å². The van der Waals surface area contributed by atoms with Gasteiger partial charge in [0.25, 0.3) is 0 Å². The van der Waals surface area contributed by atoms with Crippen LogP contribution in [0.25, 0.3) is 0 Å². The van der Waals surface area contributed by atoms with E-state index in [1.807, 2.05) is 0 Å². The van der Waals surface area contributed by atoms with E-state index in [1.54, 1.807) is 0 Å². The van der Waals surface area contributed by atoms with Gasteiger partial charge in [-0.15, -0.1) is 0 Å². The van der Waals surface area contributed by atoms with Gasteiger partial charge in [0, 0.05) is 6.04 Å². The summed E-state index contributed by atoms with van der Waals surface area (Å²) < 4.78 is 5.95. The lowest BCUT2D eigenvalue weighted by molar-refractivity contribution is 0.293. The normalized spacial score (nSPS) is 16.6. The van der Waals surface area contributed by atoms with Crippen LogP contribution in [0.5, 0.6) is 5.75 Å². The van der Waals surface area contributed by atoms with Crippen LogP contribution in [0.4, 0.5) is 0 Å². The molecule has 0 spiro atoms. The molecule has 1 aliphatic rings. The minimum Gasteiger partial charge on any atom is -0.493 e. The van der Waals surface area contributed by atoms with Crippen molar-refractivity contribution in [1.29, 1.82) is 0 Å². The third-order valence-electron chi connectivity index (χ3n) is 4.16. The SMILES string of the molecule is CC(C)c1ccccc1OCCCNC1CCCCC1. The van der Waals surface area contributed by atoms with E-state index in [-0.39, 0.29) is 0 Å². The maximum Gasteiger partial charge on any atom is 0.122 e. The van der Waals surface area contributed by atoms with Gasteiger partial charge in [0.2, 0.25) is 0 Å². The van der Waals surface area contributed by atoms with E-state index in [4.69, 9.17) is 4.74 Å². The first-order valence-corrected chi connectivity index (χ1v) is 8.22. The summed E-state index contributed by atoms with van der Waals surface area (Å²) in [6.45, 7) is 6.32. The van der Waals surface area contributed by atoms with Crippen LogP contribution < -0.4 is 10.1 Å². The second-order valence-electron chi connectivity index (χ2n) is 6.18. The van der Waals surface area contributed by atoms with Crippen molar-refractivity contribution in [3.8, 4) is 5.75 Å². The molecule has 2 nitrogen and oxygen atoms in total. The number of benzene rings is 1. The summed E-state index contributed by atoms with van der Waals surface area (Å²) in [5.74, 6) is 1.58. The molecule has 2 rings (SSSR count). The van der Waals surface area contributed by atoms with Crippen LogP contribution in [0, 0.1) is 0 Å². The lowest BCUT2D eigenvalue weighted by atomic mass is 9.95. The number of hydrogen-bond acceptors (Lipinski definition) is 2. The Kier molecular flexibility index (Phi) is 6.38. The molecule has 0 aromatic heterocycles. The summed E-state index contributed by atoms with van der Waals surface area (Å²) in [7, 11) is 0. The average Bonchev–Trinajstić information content (AvgIpc) is 2.48. The third-order valence-corrected chi connectivity index (χ3v) is 4.16. The molecule has 0 unspecified atom stereocenters. The molecule has 1 fully saturated rings. The fourth-order valence-corrected chi connectivity index (χ4v) is 2.96. The summed E-state index contributed by atoms with van der Waals surface area (Å²) in [5.41, 5.74) is 1.31. The van der Waals surface area contributed by atoms with Gasteiger partial charge in [-0.1, -0.05) is 51.3 Å². The second kappa shape index (κ2) is 8.31. The molecule has 1 aromatic rings. The molecule has 1 aliphatic carbocycles. The molecule has 0 atom stereocenters. The van der Waals surface area contributed by atoms with E-state index in [0.29, 0.717) is 5.92 Å². The standard InChI is InChI=1S/C18H29NO/c1-15(2)17-11-6-7-12-18(17)20-14-8-13-19-16-9-4-3-5-10-16/h6-7,11-12,15-16,19H,3-5,8-10,13-14H2,1-2H3. The largest absolute Gasteiger partial charge is 0.493 e. The van der Waals surface area contributed by atoms with Gasteiger partial charge in [-0.25, -0.2) is 0 Å². The van der Waals surface area contributed by atoms with Gasteiger partial charge >= 0.3 is 0 Å². The third kappa shape index (κ3) is 4.82. The maximum atomic E-state index is 5.95. The molecular weight excluding hydrogens is 246 g/mol. The van der Waals surface area contributed by atoms with Crippen molar-refractivity contribution in [2.75, 3.05) is 13.2 Å². The highest BCUT2D eigenvalue weighted by molar-refractivity contribution is 5.35. The monoisotopic (exact) mass is 275 g/mol. The van der Waals surface area contributed by atoms with Crippen molar-refractivity contribution in [2.24, 2.45) is 0 Å². The molecule has 0 amide bonds. The first-order valence-electron chi connectivity index (χ1n) is 8.22. The van der Waals surface area contributed by atoms with Crippen LogP contribution in [0.1, 0.15) is 63.9 Å². The van der Waals surface area contributed by atoms with E-state index in [0.717, 1.165) is 31.4 Å². The molecule has 20 heavy (non-hydrogen) atoms. The van der Waals surface area contributed by atoms with Crippen molar-refractivity contribution >= 4 is 0 Å². The van der Waals surface area contributed by atoms with Gasteiger partial charge in [0.1, 0.15) is 5.75 Å². The minimum absolute atomic E-state index is 0.520. The second-order valence-corrected chi connectivity index (χ2v) is 6.18. The molecule has 0 radical (unpaired) electrons. The molecule has 0 bridgehead atoms. The highest BCUT2D eigenvalue weighted by atomic mass is 16.5. The van der Waals surface area contributed by atoms with Gasteiger partial charge in [-0.2, -0.15) is 0 Å². The predicted octanol–water partition coefficient (Wildman–Crippen LogP) is 4.50. The zero-order chi connectivity index (χ0) is 14.2. The molecule has 0 aliphatic heterocycles. The Morgan fingerprint density at radius 3 is 2.65 bits per heavy atom. The molecule has 1 aromatic carbocycles. The molecule has 112 valence electrons. The van der Waals surface area contributed by atoms with Crippen LogP contribution >= 0.6 is 0 Å². The van der Waals surface area contributed by atoms with Crippen molar-refractivity contribution in [1.82, 2.24) is 5.32 Å². The van der Waals surface area contributed by atoms with Crippen LogP contribution in [-0.2, 0) is 0 Å². The van der Waals surface area contributed by atoms with Gasteiger partial charge in [-0.05, 0) is 43.4 Å². The number of rotatable bonds is 7. The fourth-order valence-electron chi connectivity index (χ4n) is 2.96. The first-order chi connectivity index (χ1) is 9.77. The van der Waals surface area contributed by atoms with Crippen molar-refractivity contribution in [2.45, 2.75) is 64.3 Å². The highest BCUT2D eigenvalue weighted by Crippen LogP contribution is 2.25. The Hall–Kier alpha value is -1.02. The molecular formula is C18H29NO. The average molecular weight is 275 g/mol. The van der Waals surface area contributed by atoms with Crippen LogP contribution in [-0.4, -0.2) is 19.2 Å². The van der Waals surface area contributed by atoms with Gasteiger partial charge < -0.3 is 10.1 Å². The summed E-state index contributed by atoms with van der Waals surface area (Å²) >= 11 is 0. The lowest BCUT2D eigenvalue weighted by Gasteiger charge is -2.22. The zero-order valence-electron chi connectivity index (χ0n) is 13.0. The summed E-state index contributed by atoms with van der Waals surface area (Å²) in [6, 6.07) is 9.16. The van der Waals surface area contributed by atoms with E-state index in [2.05, 4.69) is 43.4 Å². The minimum atomic E-state index is 0.520. The zero-order valence-corrected chi connectivity index (χ0v) is 13.0. The Bertz CT molecular complexity index is 383. The van der Waals surface area contributed by atoms with Crippen molar-refractivity contribution in [3.63, 3.8) is 0 Å². The Morgan fingerprint density at radius 2 is 1.90 bits per heavy atom. The Morgan fingerprint density at radius 1 is 1.15 bits per heavy atom. The number of ether oxygens (including phenoxy) is 1. The number of hydrogen-bond donors (Lipinski definition) is 1. The quantitative estimate of drug-likeness (QED) is 0.740. The van der Waals surface area contributed by atoms with Crippen LogP contribution in [0.3, 0.4) is 0 Å². The molecule has 0 saturated heterocycles. The van der Waals surface area contributed by atoms with Crippen molar-refractivity contribution < 1.29 is 4.74 Å². The molecule has 1 saturated carbocycles. The van der Waals surface area contributed by atoms with E-state index in [1.165, 1.54) is 37.7 Å². The predicted molar refractivity (Wildman–Crippen MR) is 85.5 cm³/mol. The van der Waals surface area contributed by atoms with E-state index < -0.39 is 0 Å². The van der Waals surface area contributed by atoms with Gasteiger partial charge in [-0.3, -0.25) is 0 Å². The van der Waals surface area contributed by atoms with Gasteiger partial charge in [0.05, 0.1) is 6.61 Å². The van der Waals surface area contributed by atoms with Crippen molar-refractivity contribution in [3.05, 3.63) is 29.8 Å². The highest BCUT2D eigenvalue weighted by Gasteiger charge is 2.12. The fraction of sp³-hybridized carbons (Fsp3) is 0.667. The number of nitrogens with one attached hydrogen (secondary N) is 1. The van der Waals surface area contributed by atoms with E-state index in [9.17, 15) is 0 Å². The summed E-state index contributed by atoms with van der Waals surface area (Å²) in [4.78, 5) is 0. The summed E-state index contributed by atoms with van der Waals surface area (Å²) in [5, 5.41) is 3.67. The molecule has 2 heteroatoms. The number of para-hydroxylation sites is 1.